The normalized spacial score (nSPS) is 17.7. The summed E-state index contributed by atoms with van der Waals surface area (Å²) in [7, 11) is 0. The van der Waals surface area contributed by atoms with Gasteiger partial charge in [0.1, 0.15) is 0 Å². The Bertz CT molecular complexity index is 417. The Hall–Kier alpha value is -1.71. The van der Waals surface area contributed by atoms with Gasteiger partial charge in [-0.25, -0.2) is 0 Å². The summed E-state index contributed by atoms with van der Waals surface area (Å²) < 4.78 is 0. The molecular formula is C13H19N3O. The number of hydrogen-bond acceptors (Lipinski definition) is 3. The van der Waals surface area contributed by atoms with E-state index in [1.165, 1.54) is 11.3 Å². The Labute approximate surface area is 102 Å². The first-order chi connectivity index (χ1) is 8.27. The van der Waals surface area contributed by atoms with Crippen molar-refractivity contribution >= 4 is 11.5 Å². The molecule has 1 unspecified atom stereocenters. The highest BCUT2D eigenvalue weighted by atomic mass is 16.4. The zero-order valence-corrected chi connectivity index (χ0v) is 10.1. The summed E-state index contributed by atoms with van der Waals surface area (Å²) in [6, 6.07) is 8.35. The molecule has 4 nitrogen and oxygen atoms in total. The van der Waals surface area contributed by atoms with Crippen LogP contribution in [-0.2, 0) is 6.42 Å². The number of anilines is 1. The van der Waals surface area contributed by atoms with Gasteiger partial charge in [-0.2, -0.15) is 0 Å². The zero-order valence-electron chi connectivity index (χ0n) is 10.1. The number of nitrogens with zero attached hydrogens (tertiary/aromatic N) is 2. The van der Waals surface area contributed by atoms with E-state index < -0.39 is 0 Å². The van der Waals surface area contributed by atoms with Crippen LogP contribution in [0.4, 0.5) is 5.69 Å². The summed E-state index contributed by atoms with van der Waals surface area (Å²) in [4.78, 5) is 2.24. The van der Waals surface area contributed by atoms with E-state index in [0.717, 1.165) is 25.8 Å². The number of oxime groups is 1. The molecule has 1 aromatic rings. The van der Waals surface area contributed by atoms with Crippen LogP contribution in [0.15, 0.2) is 29.4 Å². The monoisotopic (exact) mass is 233 g/mol. The first-order valence-corrected chi connectivity index (χ1v) is 6.10. The summed E-state index contributed by atoms with van der Waals surface area (Å²) in [6.45, 7) is 3.02. The molecule has 3 N–H and O–H groups in total. The highest BCUT2D eigenvalue weighted by molar-refractivity contribution is 5.88. The second kappa shape index (κ2) is 5.08. The minimum absolute atomic E-state index is 0.0125. The number of rotatable bonds is 3. The number of amidine groups is 1. The molecule has 0 radical (unpaired) electrons. The molecule has 4 heteroatoms. The molecule has 1 aromatic carbocycles. The van der Waals surface area contributed by atoms with Crippen LogP contribution in [0.5, 0.6) is 0 Å². The largest absolute Gasteiger partial charge is 0.409 e. The van der Waals surface area contributed by atoms with Gasteiger partial charge in [-0.15, -0.1) is 0 Å². The molecule has 0 saturated carbocycles. The fraction of sp³-hybridized carbons (Fsp3) is 0.462. The molecule has 0 saturated heterocycles. The van der Waals surface area contributed by atoms with Crippen molar-refractivity contribution in [3.05, 3.63) is 29.8 Å². The fourth-order valence-electron chi connectivity index (χ4n) is 2.54. The molecule has 0 aliphatic carbocycles. The Morgan fingerprint density at radius 1 is 1.53 bits per heavy atom. The van der Waals surface area contributed by atoms with Crippen LogP contribution in [0.25, 0.3) is 0 Å². The van der Waals surface area contributed by atoms with Crippen molar-refractivity contribution in [2.45, 2.75) is 32.2 Å². The topological polar surface area (TPSA) is 61.9 Å². The molecule has 1 aliphatic heterocycles. The van der Waals surface area contributed by atoms with Crippen LogP contribution < -0.4 is 10.6 Å². The Morgan fingerprint density at radius 2 is 2.29 bits per heavy atom. The highest BCUT2D eigenvalue weighted by Gasteiger charge is 2.25. The molecule has 1 heterocycles. The molecule has 0 spiro atoms. The number of benzene rings is 1. The molecule has 0 bridgehead atoms. The molecular weight excluding hydrogens is 214 g/mol. The lowest BCUT2D eigenvalue weighted by Gasteiger charge is -2.36. The van der Waals surface area contributed by atoms with Crippen molar-refractivity contribution in [3.63, 3.8) is 0 Å². The number of nitrogens with two attached hydrogens (primary N) is 1. The average Bonchev–Trinajstić information content (AvgIpc) is 2.39. The molecule has 0 aromatic heterocycles. The molecule has 92 valence electrons. The minimum Gasteiger partial charge on any atom is -0.409 e. The van der Waals surface area contributed by atoms with E-state index in [1.807, 2.05) is 6.07 Å². The summed E-state index contributed by atoms with van der Waals surface area (Å²) in [5, 5.41) is 12.0. The summed E-state index contributed by atoms with van der Waals surface area (Å²) >= 11 is 0. The number of hydrogen-bond donors (Lipinski definition) is 2. The Kier molecular flexibility index (Phi) is 3.52. The van der Waals surface area contributed by atoms with Crippen molar-refractivity contribution in [1.29, 1.82) is 0 Å². The van der Waals surface area contributed by atoms with Crippen molar-refractivity contribution in [1.82, 2.24) is 0 Å². The average molecular weight is 233 g/mol. The third-order valence-electron chi connectivity index (χ3n) is 3.37. The molecule has 1 aliphatic rings. The van der Waals surface area contributed by atoms with Gasteiger partial charge in [0.2, 0.25) is 0 Å². The number of para-hydroxylation sites is 1. The smallest absolute Gasteiger partial charge is 0.161 e. The van der Waals surface area contributed by atoms with E-state index in [4.69, 9.17) is 10.9 Å². The first-order valence-electron chi connectivity index (χ1n) is 6.10. The van der Waals surface area contributed by atoms with E-state index in [0.29, 0.717) is 5.84 Å². The van der Waals surface area contributed by atoms with Gasteiger partial charge in [0, 0.05) is 12.2 Å². The van der Waals surface area contributed by atoms with Crippen LogP contribution in [0.2, 0.25) is 0 Å². The molecule has 17 heavy (non-hydrogen) atoms. The van der Waals surface area contributed by atoms with E-state index in [1.54, 1.807) is 0 Å². The van der Waals surface area contributed by atoms with E-state index >= 15 is 0 Å². The molecule has 2 rings (SSSR count). The molecule has 1 atom stereocenters. The standard InChI is InChI=1S/C13H19N3O/c1-2-11(13(14)15-17)16-9-5-7-10-6-3-4-8-12(10)16/h3-4,6,8,11,17H,2,5,7,9H2,1H3,(H2,14,15). The van der Waals surface area contributed by atoms with Crippen molar-refractivity contribution in [2.24, 2.45) is 10.9 Å². The molecule has 0 fully saturated rings. The van der Waals surface area contributed by atoms with Gasteiger partial charge in [-0.05, 0) is 30.9 Å². The predicted molar refractivity (Wildman–Crippen MR) is 69.6 cm³/mol. The lowest BCUT2D eigenvalue weighted by atomic mass is 9.99. The summed E-state index contributed by atoms with van der Waals surface area (Å²) in [5.74, 6) is 0.296. The third-order valence-corrected chi connectivity index (χ3v) is 3.37. The first kappa shape index (κ1) is 11.8. The maximum absolute atomic E-state index is 8.85. The predicted octanol–water partition coefficient (Wildman–Crippen LogP) is 1.96. The second-order valence-corrected chi connectivity index (χ2v) is 4.37. The van der Waals surface area contributed by atoms with Crippen LogP contribution >= 0.6 is 0 Å². The van der Waals surface area contributed by atoms with Crippen LogP contribution in [0, 0.1) is 0 Å². The van der Waals surface area contributed by atoms with Gasteiger partial charge in [0.15, 0.2) is 5.84 Å². The van der Waals surface area contributed by atoms with Gasteiger partial charge in [-0.1, -0.05) is 30.3 Å². The van der Waals surface area contributed by atoms with Gasteiger partial charge in [-0.3, -0.25) is 0 Å². The maximum Gasteiger partial charge on any atom is 0.161 e. The van der Waals surface area contributed by atoms with Crippen molar-refractivity contribution in [2.75, 3.05) is 11.4 Å². The fourth-order valence-corrected chi connectivity index (χ4v) is 2.54. The minimum atomic E-state index is -0.0125. The number of fused-ring (bicyclic) bond motifs is 1. The van der Waals surface area contributed by atoms with Gasteiger partial charge in [0.25, 0.3) is 0 Å². The zero-order chi connectivity index (χ0) is 12.3. The summed E-state index contributed by atoms with van der Waals surface area (Å²) in [6.07, 6.45) is 3.07. The van der Waals surface area contributed by atoms with E-state index in [-0.39, 0.29) is 6.04 Å². The van der Waals surface area contributed by atoms with E-state index in [9.17, 15) is 0 Å². The van der Waals surface area contributed by atoms with Gasteiger partial charge >= 0.3 is 0 Å². The lowest BCUT2D eigenvalue weighted by molar-refractivity contribution is 0.315. The summed E-state index contributed by atoms with van der Waals surface area (Å²) in [5.41, 5.74) is 8.34. The quantitative estimate of drug-likeness (QED) is 0.363. The lowest BCUT2D eigenvalue weighted by Crippen LogP contribution is -2.47. The van der Waals surface area contributed by atoms with Crippen molar-refractivity contribution in [3.8, 4) is 0 Å². The highest BCUT2D eigenvalue weighted by Crippen LogP contribution is 2.29. The number of aryl methyl sites for hydroxylation is 1. The van der Waals surface area contributed by atoms with Crippen LogP contribution in [0.3, 0.4) is 0 Å². The van der Waals surface area contributed by atoms with Crippen LogP contribution in [-0.4, -0.2) is 23.6 Å². The Balaban J connectivity index is 2.34. The van der Waals surface area contributed by atoms with Crippen molar-refractivity contribution < 1.29 is 5.21 Å². The Morgan fingerprint density at radius 3 is 3.00 bits per heavy atom. The van der Waals surface area contributed by atoms with Gasteiger partial charge in [0.05, 0.1) is 6.04 Å². The SMILES string of the molecule is CCC(C(N)=NO)N1CCCc2ccccc21. The van der Waals surface area contributed by atoms with Crippen LogP contribution in [0.1, 0.15) is 25.3 Å². The second-order valence-electron chi connectivity index (χ2n) is 4.37. The third kappa shape index (κ3) is 2.20. The maximum atomic E-state index is 8.85. The molecule has 0 amide bonds. The van der Waals surface area contributed by atoms with E-state index in [2.05, 4.69) is 35.2 Å². The van der Waals surface area contributed by atoms with Gasteiger partial charge < -0.3 is 15.8 Å².